The highest BCUT2D eigenvalue weighted by Gasteiger charge is 2.31. The number of hydrogen-bond acceptors (Lipinski definition) is 4. The number of hydrogen-bond donors (Lipinski definition) is 4. The van der Waals surface area contributed by atoms with E-state index in [1.54, 1.807) is 24.3 Å². The van der Waals surface area contributed by atoms with Gasteiger partial charge in [-0.3, -0.25) is 0 Å². The first kappa shape index (κ1) is 12.5. The van der Waals surface area contributed by atoms with E-state index in [0.29, 0.717) is 11.4 Å². The van der Waals surface area contributed by atoms with Crippen LogP contribution in [0.3, 0.4) is 0 Å². The zero-order chi connectivity index (χ0) is 13.5. The number of aliphatic hydroxyl groups excluding tert-OH is 1. The molecule has 0 fully saturated rings. The van der Waals surface area contributed by atoms with Crippen LogP contribution >= 0.6 is 0 Å². The molecular weight excluding hydrogens is 228 g/mol. The maximum Gasteiger partial charge on any atom is 0.138 e. The molecule has 1 aliphatic rings. The number of rotatable bonds is 1. The Labute approximate surface area is 106 Å². The molecule has 0 aromatic heterocycles. The standard InChI is InChI=1S/C14H18N2O2/c1-14(2)7-9(6-11(16)13(14)18)8-3-4-12(17)10(15)5-8/h3-7,13,17-18H,15-16H2,1-2H3. The number of phenols is 1. The van der Waals surface area contributed by atoms with Gasteiger partial charge in [0.25, 0.3) is 0 Å². The second-order valence-corrected chi connectivity index (χ2v) is 5.24. The first-order valence-electron chi connectivity index (χ1n) is 5.78. The van der Waals surface area contributed by atoms with Crippen molar-refractivity contribution in [2.24, 2.45) is 11.1 Å². The Morgan fingerprint density at radius 1 is 1.22 bits per heavy atom. The van der Waals surface area contributed by atoms with Gasteiger partial charge in [0.05, 0.1) is 5.69 Å². The van der Waals surface area contributed by atoms with E-state index >= 15 is 0 Å². The van der Waals surface area contributed by atoms with Gasteiger partial charge in [0.1, 0.15) is 11.9 Å². The fraction of sp³-hybridized carbons (Fsp3) is 0.286. The Morgan fingerprint density at radius 2 is 1.89 bits per heavy atom. The maximum absolute atomic E-state index is 9.97. The van der Waals surface area contributed by atoms with Crippen molar-refractivity contribution >= 4 is 11.3 Å². The molecule has 1 aliphatic carbocycles. The summed E-state index contributed by atoms with van der Waals surface area (Å²) in [5.41, 5.74) is 13.6. The molecule has 18 heavy (non-hydrogen) atoms. The van der Waals surface area contributed by atoms with Crippen molar-refractivity contribution in [3.63, 3.8) is 0 Å². The van der Waals surface area contributed by atoms with Crippen LogP contribution in [0.5, 0.6) is 5.75 Å². The van der Waals surface area contributed by atoms with Crippen LogP contribution in [0, 0.1) is 5.41 Å². The number of allylic oxidation sites excluding steroid dienone is 2. The van der Waals surface area contributed by atoms with Crippen LogP contribution in [-0.4, -0.2) is 16.3 Å². The Kier molecular flexibility index (Phi) is 2.83. The Hall–Kier alpha value is -1.94. The maximum atomic E-state index is 9.97. The van der Waals surface area contributed by atoms with Crippen molar-refractivity contribution in [1.82, 2.24) is 0 Å². The molecule has 1 atom stereocenters. The number of nitrogen functional groups attached to an aromatic ring is 1. The molecule has 4 nitrogen and oxygen atoms in total. The number of anilines is 1. The minimum Gasteiger partial charge on any atom is -0.506 e. The smallest absolute Gasteiger partial charge is 0.138 e. The molecule has 0 saturated carbocycles. The van der Waals surface area contributed by atoms with Gasteiger partial charge >= 0.3 is 0 Å². The lowest BCUT2D eigenvalue weighted by atomic mass is 9.78. The SMILES string of the molecule is CC1(C)C=C(c2ccc(O)c(N)c2)C=C(N)C1O. The lowest BCUT2D eigenvalue weighted by Gasteiger charge is -2.32. The van der Waals surface area contributed by atoms with Gasteiger partial charge < -0.3 is 21.7 Å². The van der Waals surface area contributed by atoms with Gasteiger partial charge in [0.2, 0.25) is 0 Å². The molecule has 2 rings (SSSR count). The van der Waals surface area contributed by atoms with Crippen LogP contribution in [0.1, 0.15) is 19.4 Å². The monoisotopic (exact) mass is 246 g/mol. The minimum atomic E-state index is -0.685. The summed E-state index contributed by atoms with van der Waals surface area (Å²) >= 11 is 0. The van der Waals surface area contributed by atoms with E-state index in [4.69, 9.17) is 11.5 Å². The average Bonchev–Trinajstić information content (AvgIpc) is 2.29. The van der Waals surface area contributed by atoms with Crippen molar-refractivity contribution < 1.29 is 10.2 Å². The summed E-state index contributed by atoms with van der Waals surface area (Å²) in [4.78, 5) is 0. The van der Waals surface area contributed by atoms with Crippen molar-refractivity contribution in [2.75, 3.05) is 5.73 Å². The fourth-order valence-corrected chi connectivity index (χ4v) is 2.11. The van der Waals surface area contributed by atoms with Crippen LogP contribution in [0.4, 0.5) is 5.69 Å². The molecule has 0 bridgehead atoms. The second-order valence-electron chi connectivity index (χ2n) is 5.24. The lowest BCUT2D eigenvalue weighted by molar-refractivity contribution is 0.112. The van der Waals surface area contributed by atoms with Crippen molar-refractivity contribution in [1.29, 1.82) is 0 Å². The summed E-state index contributed by atoms with van der Waals surface area (Å²) in [6, 6.07) is 5.02. The number of aromatic hydroxyl groups is 1. The van der Waals surface area contributed by atoms with Crippen LogP contribution in [0.25, 0.3) is 5.57 Å². The van der Waals surface area contributed by atoms with Crippen LogP contribution < -0.4 is 11.5 Å². The van der Waals surface area contributed by atoms with E-state index in [1.165, 1.54) is 0 Å². The minimum absolute atomic E-state index is 0.0615. The summed E-state index contributed by atoms with van der Waals surface area (Å²) in [6.45, 7) is 3.84. The van der Waals surface area contributed by atoms with E-state index in [1.807, 2.05) is 19.9 Å². The molecule has 1 aromatic rings. The molecule has 96 valence electrons. The van der Waals surface area contributed by atoms with Crippen LogP contribution in [0.15, 0.2) is 36.0 Å². The molecule has 4 heteroatoms. The lowest BCUT2D eigenvalue weighted by Crippen LogP contribution is -2.35. The van der Waals surface area contributed by atoms with Gasteiger partial charge in [-0.15, -0.1) is 0 Å². The van der Waals surface area contributed by atoms with Gasteiger partial charge in [-0.1, -0.05) is 26.0 Å². The molecule has 0 radical (unpaired) electrons. The third kappa shape index (κ3) is 2.07. The number of benzene rings is 1. The Balaban J connectivity index is 2.48. The molecule has 0 heterocycles. The molecule has 1 unspecified atom stereocenters. The van der Waals surface area contributed by atoms with Gasteiger partial charge in [0.15, 0.2) is 0 Å². The van der Waals surface area contributed by atoms with Gasteiger partial charge in [-0.25, -0.2) is 0 Å². The van der Waals surface area contributed by atoms with E-state index in [2.05, 4.69) is 0 Å². The highest BCUT2D eigenvalue weighted by Crippen LogP contribution is 2.36. The van der Waals surface area contributed by atoms with Gasteiger partial charge in [0, 0.05) is 11.1 Å². The zero-order valence-corrected chi connectivity index (χ0v) is 10.5. The summed E-state index contributed by atoms with van der Waals surface area (Å²) in [7, 11) is 0. The normalized spacial score (nSPS) is 22.3. The molecule has 6 N–H and O–H groups in total. The molecular formula is C14H18N2O2. The highest BCUT2D eigenvalue weighted by atomic mass is 16.3. The Morgan fingerprint density at radius 3 is 2.44 bits per heavy atom. The molecule has 1 aromatic carbocycles. The third-order valence-electron chi connectivity index (χ3n) is 3.23. The largest absolute Gasteiger partial charge is 0.506 e. The summed E-state index contributed by atoms with van der Waals surface area (Å²) < 4.78 is 0. The van der Waals surface area contributed by atoms with E-state index in [0.717, 1.165) is 11.1 Å². The van der Waals surface area contributed by atoms with Crippen LogP contribution in [-0.2, 0) is 0 Å². The number of aliphatic hydroxyl groups is 1. The van der Waals surface area contributed by atoms with Crippen molar-refractivity contribution in [2.45, 2.75) is 20.0 Å². The highest BCUT2D eigenvalue weighted by molar-refractivity contribution is 5.79. The van der Waals surface area contributed by atoms with E-state index in [-0.39, 0.29) is 5.75 Å². The fourth-order valence-electron chi connectivity index (χ4n) is 2.11. The van der Waals surface area contributed by atoms with Crippen LogP contribution in [0.2, 0.25) is 0 Å². The molecule has 0 amide bonds. The summed E-state index contributed by atoms with van der Waals surface area (Å²) in [5, 5.41) is 19.4. The van der Waals surface area contributed by atoms with Gasteiger partial charge in [-0.05, 0) is 29.3 Å². The zero-order valence-electron chi connectivity index (χ0n) is 10.5. The van der Waals surface area contributed by atoms with Crippen molar-refractivity contribution in [3.05, 3.63) is 41.6 Å². The third-order valence-corrected chi connectivity index (χ3v) is 3.23. The number of phenolic OH excluding ortho intramolecular Hbond substituents is 1. The summed E-state index contributed by atoms with van der Waals surface area (Å²) in [5.74, 6) is 0.0615. The second kappa shape index (κ2) is 4.07. The molecule has 0 spiro atoms. The predicted molar refractivity (Wildman–Crippen MR) is 72.6 cm³/mol. The van der Waals surface area contributed by atoms with Gasteiger partial charge in [-0.2, -0.15) is 0 Å². The van der Waals surface area contributed by atoms with Crippen molar-refractivity contribution in [3.8, 4) is 5.75 Å². The molecule has 0 saturated heterocycles. The first-order valence-corrected chi connectivity index (χ1v) is 5.78. The summed E-state index contributed by atoms with van der Waals surface area (Å²) in [6.07, 6.45) is 3.01. The molecule has 0 aliphatic heterocycles. The van der Waals surface area contributed by atoms with E-state index < -0.39 is 11.5 Å². The average molecular weight is 246 g/mol. The Bertz CT molecular complexity index is 545. The number of nitrogens with two attached hydrogens (primary N) is 2. The predicted octanol–water partition coefficient (Wildman–Crippen LogP) is 1.60. The first-order chi connectivity index (χ1) is 8.31. The van der Waals surface area contributed by atoms with E-state index in [9.17, 15) is 10.2 Å². The topological polar surface area (TPSA) is 92.5 Å². The quantitative estimate of drug-likeness (QED) is 0.447.